The van der Waals surface area contributed by atoms with Gasteiger partial charge in [0.2, 0.25) is 0 Å². The van der Waals surface area contributed by atoms with Crippen molar-refractivity contribution in [3.63, 3.8) is 0 Å². The van der Waals surface area contributed by atoms with Crippen molar-refractivity contribution in [2.75, 3.05) is 14.2 Å². The molecule has 1 aromatic rings. The minimum absolute atomic E-state index is 0.0437. The van der Waals surface area contributed by atoms with Gasteiger partial charge in [-0.05, 0) is 58.0 Å². The van der Waals surface area contributed by atoms with Crippen LogP contribution in [0.25, 0.3) is 0 Å². The Morgan fingerprint density at radius 1 is 1.21 bits per heavy atom. The molecular formula is C19H30N2O2S. The summed E-state index contributed by atoms with van der Waals surface area (Å²) in [5.41, 5.74) is 1.08. The van der Waals surface area contributed by atoms with E-state index in [2.05, 4.69) is 37.1 Å². The van der Waals surface area contributed by atoms with Gasteiger partial charge in [0.15, 0.2) is 5.11 Å². The molecule has 0 aromatic heterocycles. The predicted molar refractivity (Wildman–Crippen MR) is 103 cm³/mol. The molecule has 1 N–H and O–H groups in total. The van der Waals surface area contributed by atoms with Gasteiger partial charge in [0.1, 0.15) is 11.5 Å². The maximum atomic E-state index is 5.74. The predicted octanol–water partition coefficient (Wildman–Crippen LogP) is 4.12. The lowest BCUT2D eigenvalue weighted by Crippen LogP contribution is -2.50. The molecule has 2 rings (SSSR count). The van der Waals surface area contributed by atoms with Crippen LogP contribution in [0.3, 0.4) is 0 Å². The van der Waals surface area contributed by atoms with E-state index < -0.39 is 0 Å². The van der Waals surface area contributed by atoms with Crippen molar-refractivity contribution < 1.29 is 9.47 Å². The van der Waals surface area contributed by atoms with Crippen molar-refractivity contribution in [2.24, 2.45) is 0 Å². The van der Waals surface area contributed by atoms with Gasteiger partial charge in [0.05, 0.1) is 14.2 Å². The zero-order valence-corrected chi connectivity index (χ0v) is 16.3. The Bertz CT molecular complexity index is 563. The SMILES string of the molecule is COc1ccc(CN(C(=S)NC(C)(C)C)C2CCCC2)c(OC)c1. The van der Waals surface area contributed by atoms with Crippen LogP contribution in [-0.4, -0.2) is 35.8 Å². The molecule has 0 unspecified atom stereocenters. The standard InChI is InChI=1S/C19H30N2O2S/c1-19(2,3)20-18(24)21(15-8-6-7-9-15)13-14-10-11-16(22-4)12-17(14)23-5/h10-12,15H,6-9,13H2,1-5H3,(H,20,24). The summed E-state index contributed by atoms with van der Waals surface area (Å²) < 4.78 is 10.9. The molecule has 0 bridgehead atoms. The van der Waals surface area contributed by atoms with Gasteiger partial charge in [0.25, 0.3) is 0 Å². The van der Waals surface area contributed by atoms with Crippen LogP contribution in [0.2, 0.25) is 0 Å². The van der Waals surface area contributed by atoms with Gasteiger partial charge in [-0.1, -0.05) is 12.8 Å². The van der Waals surface area contributed by atoms with E-state index in [1.54, 1.807) is 14.2 Å². The summed E-state index contributed by atoms with van der Waals surface area (Å²) in [6.45, 7) is 7.17. The lowest BCUT2D eigenvalue weighted by Gasteiger charge is -2.35. The summed E-state index contributed by atoms with van der Waals surface area (Å²) in [7, 11) is 3.37. The fraction of sp³-hybridized carbons (Fsp3) is 0.632. The van der Waals surface area contributed by atoms with E-state index in [1.165, 1.54) is 25.7 Å². The van der Waals surface area contributed by atoms with Crippen LogP contribution < -0.4 is 14.8 Å². The summed E-state index contributed by atoms with van der Waals surface area (Å²) in [6.07, 6.45) is 4.95. The Balaban J connectivity index is 2.23. The maximum absolute atomic E-state index is 5.74. The van der Waals surface area contributed by atoms with E-state index in [9.17, 15) is 0 Å². The van der Waals surface area contributed by atoms with Crippen LogP contribution in [0.15, 0.2) is 18.2 Å². The van der Waals surface area contributed by atoms with Gasteiger partial charge in [-0.2, -0.15) is 0 Å². The van der Waals surface area contributed by atoms with Gasteiger partial charge >= 0.3 is 0 Å². The summed E-state index contributed by atoms with van der Waals surface area (Å²) in [4.78, 5) is 2.33. The highest BCUT2D eigenvalue weighted by Gasteiger charge is 2.27. The highest BCUT2D eigenvalue weighted by molar-refractivity contribution is 7.80. The molecule has 0 amide bonds. The van der Waals surface area contributed by atoms with E-state index in [1.807, 2.05) is 12.1 Å². The number of hydrogen-bond donors (Lipinski definition) is 1. The van der Waals surface area contributed by atoms with Gasteiger partial charge in [-0.15, -0.1) is 0 Å². The fourth-order valence-electron chi connectivity index (χ4n) is 3.14. The second kappa shape index (κ2) is 8.06. The molecule has 0 spiro atoms. The minimum atomic E-state index is -0.0437. The van der Waals surface area contributed by atoms with Crippen molar-refractivity contribution in [3.05, 3.63) is 23.8 Å². The second-order valence-electron chi connectivity index (χ2n) is 7.42. The highest BCUT2D eigenvalue weighted by atomic mass is 32.1. The molecule has 1 aromatic carbocycles. The number of rotatable bonds is 5. The first-order valence-corrected chi connectivity index (χ1v) is 9.04. The molecule has 0 heterocycles. The molecule has 1 saturated carbocycles. The Morgan fingerprint density at radius 3 is 2.42 bits per heavy atom. The van der Waals surface area contributed by atoms with Crippen LogP contribution >= 0.6 is 12.2 Å². The summed E-state index contributed by atoms with van der Waals surface area (Å²) >= 11 is 5.74. The first kappa shape index (κ1) is 18.8. The molecule has 5 heteroatoms. The fourth-order valence-corrected chi connectivity index (χ4v) is 3.66. The third-order valence-corrected chi connectivity index (χ3v) is 4.68. The lowest BCUT2D eigenvalue weighted by atomic mass is 10.1. The van der Waals surface area contributed by atoms with Crippen LogP contribution in [0.5, 0.6) is 11.5 Å². The quantitative estimate of drug-likeness (QED) is 0.808. The first-order valence-electron chi connectivity index (χ1n) is 8.63. The summed E-state index contributed by atoms with van der Waals surface area (Å²) in [5, 5.41) is 4.29. The maximum Gasteiger partial charge on any atom is 0.169 e. The summed E-state index contributed by atoms with van der Waals surface area (Å²) in [6, 6.07) is 6.48. The molecule has 1 aliphatic rings. The topological polar surface area (TPSA) is 33.7 Å². The molecule has 1 fully saturated rings. The van der Waals surface area contributed by atoms with Crippen molar-refractivity contribution in [1.82, 2.24) is 10.2 Å². The highest BCUT2D eigenvalue weighted by Crippen LogP contribution is 2.30. The molecule has 1 aliphatic carbocycles. The van der Waals surface area contributed by atoms with Gasteiger partial charge in [0, 0.05) is 29.8 Å². The number of thiocarbonyl (C=S) groups is 1. The monoisotopic (exact) mass is 350 g/mol. The van der Waals surface area contributed by atoms with E-state index in [0.29, 0.717) is 6.04 Å². The molecule has 134 valence electrons. The van der Waals surface area contributed by atoms with Gasteiger partial charge in [-0.3, -0.25) is 0 Å². The lowest BCUT2D eigenvalue weighted by molar-refractivity contribution is 0.288. The van der Waals surface area contributed by atoms with Crippen molar-refractivity contribution >= 4 is 17.3 Å². The average Bonchev–Trinajstić information content (AvgIpc) is 3.04. The van der Waals surface area contributed by atoms with E-state index >= 15 is 0 Å². The number of nitrogens with zero attached hydrogens (tertiary/aromatic N) is 1. The first-order chi connectivity index (χ1) is 11.3. The Labute approximate surface area is 151 Å². The number of ether oxygens (including phenoxy) is 2. The molecular weight excluding hydrogens is 320 g/mol. The smallest absolute Gasteiger partial charge is 0.169 e. The largest absolute Gasteiger partial charge is 0.497 e. The van der Waals surface area contributed by atoms with Crippen LogP contribution in [0.1, 0.15) is 52.0 Å². The van der Waals surface area contributed by atoms with Crippen molar-refractivity contribution in [1.29, 1.82) is 0 Å². The van der Waals surface area contributed by atoms with E-state index in [0.717, 1.165) is 28.7 Å². The Kier molecular flexibility index (Phi) is 6.33. The molecule has 0 atom stereocenters. The zero-order chi connectivity index (χ0) is 17.7. The van der Waals surface area contributed by atoms with Crippen LogP contribution in [0.4, 0.5) is 0 Å². The van der Waals surface area contributed by atoms with Gasteiger partial charge < -0.3 is 19.7 Å². The Morgan fingerprint density at radius 2 is 1.88 bits per heavy atom. The number of nitrogens with one attached hydrogen (secondary N) is 1. The molecule has 4 nitrogen and oxygen atoms in total. The third kappa shape index (κ3) is 5.00. The van der Waals surface area contributed by atoms with Crippen molar-refractivity contribution in [2.45, 2.75) is 64.6 Å². The third-order valence-electron chi connectivity index (χ3n) is 4.34. The molecule has 0 radical (unpaired) electrons. The second-order valence-corrected chi connectivity index (χ2v) is 7.81. The molecule has 0 aliphatic heterocycles. The summed E-state index contributed by atoms with van der Waals surface area (Å²) in [5.74, 6) is 1.65. The van der Waals surface area contributed by atoms with Crippen LogP contribution in [-0.2, 0) is 6.54 Å². The van der Waals surface area contributed by atoms with Crippen molar-refractivity contribution in [3.8, 4) is 11.5 Å². The van der Waals surface area contributed by atoms with Crippen LogP contribution in [0, 0.1) is 0 Å². The normalized spacial score (nSPS) is 15.2. The number of hydrogen-bond acceptors (Lipinski definition) is 3. The average molecular weight is 351 g/mol. The van der Waals surface area contributed by atoms with E-state index in [4.69, 9.17) is 21.7 Å². The zero-order valence-electron chi connectivity index (χ0n) is 15.5. The minimum Gasteiger partial charge on any atom is -0.497 e. The number of methoxy groups -OCH3 is 2. The molecule has 0 saturated heterocycles. The molecule has 24 heavy (non-hydrogen) atoms. The number of benzene rings is 1. The van der Waals surface area contributed by atoms with Gasteiger partial charge in [-0.25, -0.2) is 0 Å². The van der Waals surface area contributed by atoms with E-state index in [-0.39, 0.29) is 5.54 Å². The Hall–Kier alpha value is -1.49.